The van der Waals surface area contributed by atoms with Crippen molar-refractivity contribution in [3.8, 4) is 11.3 Å². The van der Waals surface area contributed by atoms with Crippen molar-refractivity contribution in [1.29, 1.82) is 0 Å². The molecule has 0 spiro atoms. The lowest BCUT2D eigenvalue weighted by Gasteiger charge is -2.06. The summed E-state index contributed by atoms with van der Waals surface area (Å²) in [5.41, 5.74) is 5.33. The molecule has 3 rings (SSSR count). The average Bonchev–Trinajstić information content (AvgIpc) is 3.04. The Bertz CT molecular complexity index is 947. The van der Waals surface area contributed by atoms with E-state index in [1.54, 1.807) is 29.8 Å². The van der Waals surface area contributed by atoms with Gasteiger partial charge in [-0.1, -0.05) is 35.9 Å². The minimum absolute atomic E-state index is 0.567. The Hall–Kier alpha value is -2.79. The summed E-state index contributed by atoms with van der Waals surface area (Å²) in [5.74, 6) is 0. The molecular weight excluding hydrogens is 328 g/mol. The van der Waals surface area contributed by atoms with Crippen LogP contribution in [0.1, 0.15) is 18.1 Å². The van der Waals surface area contributed by atoms with Gasteiger partial charge in [-0.3, -0.25) is 9.98 Å². The number of benzene rings is 1. The van der Waals surface area contributed by atoms with Crippen LogP contribution in [-0.4, -0.2) is 21.9 Å². The predicted octanol–water partition coefficient (Wildman–Crippen LogP) is 4.28. The quantitative estimate of drug-likeness (QED) is 0.501. The van der Waals surface area contributed by atoms with Crippen molar-refractivity contribution in [1.82, 2.24) is 9.66 Å². The Balaban J connectivity index is 2.13. The van der Waals surface area contributed by atoms with Crippen molar-refractivity contribution in [2.24, 2.45) is 10.1 Å². The molecule has 0 fully saturated rings. The van der Waals surface area contributed by atoms with E-state index in [4.69, 9.17) is 5.10 Å². The summed E-state index contributed by atoms with van der Waals surface area (Å²) in [6.07, 6.45) is 5.34. The highest BCUT2D eigenvalue weighted by Gasteiger charge is 2.08. The largest absolute Gasteiger partial charge is 0.265 e. The van der Waals surface area contributed by atoms with Gasteiger partial charge in [-0.2, -0.15) is 5.10 Å². The van der Waals surface area contributed by atoms with Crippen LogP contribution in [0.2, 0.25) is 0 Å². The Morgan fingerprint density at radius 1 is 1.20 bits per heavy atom. The van der Waals surface area contributed by atoms with Gasteiger partial charge in [0, 0.05) is 28.9 Å². The maximum absolute atomic E-state index is 4.83. The number of aryl methyl sites for hydroxylation is 1. The topological polar surface area (TPSA) is 42.5 Å². The fourth-order valence-electron chi connectivity index (χ4n) is 2.37. The summed E-state index contributed by atoms with van der Waals surface area (Å²) >= 11 is 1.58. The average molecular weight is 348 g/mol. The first-order valence-electron chi connectivity index (χ1n) is 8.04. The first kappa shape index (κ1) is 17.0. The minimum atomic E-state index is 0.567. The molecule has 0 saturated carbocycles. The second-order valence-electron chi connectivity index (χ2n) is 5.63. The Kier molecular flexibility index (Phi) is 5.36. The molecule has 0 aliphatic heterocycles. The number of thiazole rings is 1. The zero-order chi connectivity index (χ0) is 17.6. The van der Waals surface area contributed by atoms with Gasteiger partial charge in [-0.05, 0) is 26.0 Å². The molecule has 0 radical (unpaired) electrons. The van der Waals surface area contributed by atoms with E-state index >= 15 is 0 Å². The van der Waals surface area contributed by atoms with E-state index in [0.29, 0.717) is 6.54 Å². The second kappa shape index (κ2) is 7.85. The van der Waals surface area contributed by atoms with Crippen molar-refractivity contribution in [2.75, 3.05) is 6.54 Å². The molecule has 2 heterocycles. The molecule has 25 heavy (non-hydrogen) atoms. The standard InChI is InChI=1S/C20H20N4S/c1-4-11-22-20-24(23-16(3)17-9-12-21-13-10-17)19(14-25-20)18-7-5-15(2)6-8-18/h4-10,12-14H,1,11H2,2-3H3. The molecule has 0 unspecified atom stereocenters. The van der Waals surface area contributed by atoms with Crippen LogP contribution in [-0.2, 0) is 0 Å². The molecule has 0 bridgehead atoms. The molecule has 5 heteroatoms. The van der Waals surface area contributed by atoms with Crippen molar-refractivity contribution >= 4 is 17.0 Å². The fourth-order valence-corrected chi connectivity index (χ4v) is 3.21. The molecule has 2 aromatic heterocycles. The minimum Gasteiger partial charge on any atom is -0.265 e. The van der Waals surface area contributed by atoms with Crippen molar-refractivity contribution < 1.29 is 0 Å². The summed E-state index contributed by atoms with van der Waals surface area (Å²) in [7, 11) is 0. The van der Waals surface area contributed by atoms with Gasteiger partial charge in [0.05, 0.1) is 18.0 Å². The van der Waals surface area contributed by atoms with E-state index in [-0.39, 0.29) is 0 Å². The zero-order valence-electron chi connectivity index (χ0n) is 14.4. The summed E-state index contributed by atoms with van der Waals surface area (Å²) in [6.45, 7) is 8.40. The maximum atomic E-state index is 4.83. The normalized spacial score (nSPS) is 12.4. The summed E-state index contributed by atoms with van der Waals surface area (Å²) in [4.78, 5) is 9.50. The summed E-state index contributed by atoms with van der Waals surface area (Å²) < 4.78 is 1.91. The Labute approximate surface area is 151 Å². The molecule has 0 amide bonds. The van der Waals surface area contributed by atoms with E-state index in [2.05, 4.69) is 53.1 Å². The van der Waals surface area contributed by atoms with Crippen LogP contribution in [0.25, 0.3) is 11.3 Å². The molecular formula is C20H20N4S. The molecule has 0 aliphatic carbocycles. The van der Waals surface area contributed by atoms with Crippen LogP contribution in [0.15, 0.2) is 76.9 Å². The molecule has 0 aliphatic rings. The number of aromatic nitrogens is 2. The van der Waals surface area contributed by atoms with Gasteiger partial charge >= 0.3 is 0 Å². The van der Waals surface area contributed by atoms with E-state index in [9.17, 15) is 0 Å². The van der Waals surface area contributed by atoms with Crippen LogP contribution >= 0.6 is 11.3 Å². The highest BCUT2D eigenvalue weighted by Crippen LogP contribution is 2.21. The van der Waals surface area contributed by atoms with E-state index < -0.39 is 0 Å². The monoisotopic (exact) mass is 348 g/mol. The van der Waals surface area contributed by atoms with Crippen LogP contribution in [0.5, 0.6) is 0 Å². The number of nitrogens with zero attached hydrogens (tertiary/aromatic N) is 4. The summed E-state index contributed by atoms with van der Waals surface area (Å²) in [5, 5.41) is 6.92. The van der Waals surface area contributed by atoms with Crippen LogP contribution in [0.4, 0.5) is 0 Å². The van der Waals surface area contributed by atoms with Crippen LogP contribution < -0.4 is 4.80 Å². The van der Waals surface area contributed by atoms with Crippen molar-refractivity contribution in [2.45, 2.75) is 13.8 Å². The molecule has 0 N–H and O–H groups in total. The van der Waals surface area contributed by atoms with E-state index in [1.807, 2.05) is 23.7 Å². The fraction of sp³-hybridized carbons (Fsp3) is 0.150. The maximum Gasteiger partial charge on any atom is 0.206 e. The van der Waals surface area contributed by atoms with Gasteiger partial charge in [0.25, 0.3) is 0 Å². The second-order valence-corrected chi connectivity index (χ2v) is 6.47. The number of hydrogen-bond acceptors (Lipinski definition) is 4. The lowest BCUT2D eigenvalue weighted by Crippen LogP contribution is -2.14. The number of pyridine rings is 1. The summed E-state index contributed by atoms with van der Waals surface area (Å²) in [6, 6.07) is 12.4. The van der Waals surface area contributed by atoms with Crippen LogP contribution in [0, 0.1) is 6.92 Å². The van der Waals surface area contributed by atoms with Gasteiger partial charge in [0.2, 0.25) is 4.80 Å². The highest BCUT2D eigenvalue weighted by atomic mass is 32.1. The zero-order valence-corrected chi connectivity index (χ0v) is 15.2. The lowest BCUT2D eigenvalue weighted by molar-refractivity contribution is 0.834. The highest BCUT2D eigenvalue weighted by molar-refractivity contribution is 7.07. The van der Waals surface area contributed by atoms with Gasteiger partial charge in [0.15, 0.2) is 0 Å². The molecule has 0 atom stereocenters. The van der Waals surface area contributed by atoms with Gasteiger partial charge in [0.1, 0.15) is 0 Å². The lowest BCUT2D eigenvalue weighted by atomic mass is 10.1. The number of rotatable bonds is 5. The molecule has 4 nitrogen and oxygen atoms in total. The SMILES string of the molecule is C=CCN=c1scc(-c2ccc(C)cc2)n1N=C(C)c1ccncc1. The molecule has 0 saturated heterocycles. The Morgan fingerprint density at radius 3 is 2.60 bits per heavy atom. The van der Waals surface area contributed by atoms with Crippen molar-refractivity contribution in [3.05, 3.63) is 82.8 Å². The van der Waals surface area contributed by atoms with Crippen LogP contribution in [0.3, 0.4) is 0 Å². The third-order valence-electron chi connectivity index (χ3n) is 3.74. The van der Waals surface area contributed by atoms with E-state index in [1.165, 1.54) is 5.56 Å². The molecule has 126 valence electrons. The van der Waals surface area contributed by atoms with Gasteiger partial charge < -0.3 is 0 Å². The van der Waals surface area contributed by atoms with Gasteiger partial charge in [-0.15, -0.1) is 17.9 Å². The van der Waals surface area contributed by atoms with Gasteiger partial charge in [-0.25, -0.2) is 4.68 Å². The third kappa shape index (κ3) is 4.00. The smallest absolute Gasteiger partial charge is 0.206 e. The third-order valence-corrected chi connectivity index (χ3v) is 4.59. The molecule has 1 aromatic carbocycles. The van der Waals surface area contributed by atoms with E-state index in [0.717, 1.165) is 27.3 Å². The molecule has 3 aromatic rings. The first-order chi connectivity index (χ1) is 12.2. The predicted molar refractivity (Wildman–Crippen MR) is 105 cm³/mol. The Morgan fingerprint density at radius 2 is 1.92 bits per heavy atom. The first-order valence-corrected chi connectivity index (χ1v) is 8.92. The number of hydrogen-bond donors (Lipinski definition) is 0. The van der Waals surface area contributed by atoms with Crippen molar-refractivity contribution in [3.63, 3.8) is 0 Å².